The molecule has 0 radical (unpaired) electrons. The van der Waals surface area contributed by atoms with Crippen LogP contribution < -0.4 is 9.47 Å². The number of benzene rings is 2. The van der Waals surface area contributed by atoms with Crippen molar-refractivity contribution in [2.24, 2.45) is 0 Å². The number of alkyl halides is 8. The lowest BCUT2D eigenvalue weighted by molar-refractivity contribution is -0.254. The molecule has 0 N–H and O–H groups in total. The third kappa shape index (κ3) is 5.84. The predicted octanol–water partition coefficient (Wildman–Crippen LogP) is 6.96. The van der Waals surface area contributed by atoms with E-state index in [1.807, 2.05) is 0 Å². The van der Waals surface area contributed by atoms with Crippen molar-refractivity contribution in [3.63, 3.8) is 0 Å². The van der Waals surface area contributed by atoms with E-state index in [4.69, 9.17) is 0 Å². The van der Waals surface area contributed by atoms with Gasteiger partial charge in [-0.05, 0) is 45.9 Å². The van der Waals surface area contributed by atoms with Crippen molar-refractivity contribution in [1.29, 1.82) is 0 Å². The molecule has 0 unspecified atom stereocenters. The second kappa shape index (κ2) is 9.12. The Morgan fingerprint density at radius 3 is 1.25 bits per heavy atom. The third-order valence-electron chi connectivity index (χ3n) is 2.92. The molecule has 12 heteroatoms. The van der Waals surface area contributed by atoms with Crippen LogP contribution >= 0.6 is 21.6 Å². The number of para-hydroxylation sites is 2. The fourth-order valence-corrected chi connectivity index (χ4v) is 3.88. The second-order valence-electron chi connectivity index (χ2n) is 4.99. The van der Waals surface area contributed by atoms with Gasteiger partial charge in [0, 0.05) is 0 Å². The summed E-state index contributed by atoms with van der Waals surface area (Å²) in [7, 11) is 1.40. The van der Waals surface area contributed by atoms with Gasteiger partial charge in [0.25, 0.3) is 0 Å². The molecule has 0 spiro atoms. The number of hydrogen-bond acceptors (Lipinski definition) is 4. The highest BCUT2D eigenvalue weighted by Crippen LogP contribution is 2.46. The van der Waals surface area contributed by atoms with Crippen molar-refractivity contribution in [3.8, 4) is 11.5 Å². The Labute approximate surface area is 161 Å². The normalized spacial score (nSPS) is 12.5. The molecule has 0 fully saturated rings. The summed E-state index contributed by atoms with van der Waals surface area (Å²) in [6.45, 7) is 0. The summed E-state index contributed by atoms with van der Waals surface area (Å²) >= 11 is 0. The number of ether oxygens (including phenoxy) is 2. The van der Waals surface area contributed by atoms with Gasteiger partial charge in [0.2, 0.25) is 0 Å². The molecule has 2 aromatic carbocycles. The molecular weight excluding hydrogens is 440 g/mol. The van der Waals surface area contributed by atoms with E-state index in [9.17, 15) is 35.1 Å². The zero-order valence-corrected chi connectivity index (χ0v) is 15.1. The maximum absolute atomic E-state index is 13.1. The number of hydrogen-bond donors (Lipinski definition) is 0. The van der Waals surface area contributed by atoms with Crippen molar-refractivity contribution < 1.29 is 44.6 Å². The topological polar surface area (TPSA) is 18.5 Å². The highest BCUT2D eigenvalue weighted by Gasteiger charge is 2.45. The molecule has 0 aromatic heterocycles. The molecule has 0 saturated heterocycles. The van der Waals surface area contributed by atoms with E-state index in [-0.39, 0.29) is 9.79 Å². The molecule has 0 heterocycles. The first-order valence-electron chi connectivity index (χ1n) is 7.25. The molecule has 2 rings (SSSR count). The summed E-state index contributed by atoms with van der Waals surface area (Å²) < 4.78 is 110. The average molecular weight is 450 g/mol. The first-order valence-corrected chi connectivity index (χ1v) is 9.40. The van der Waals surface area contributed by atoms with E-state index in [2.05, 4.69) is 9.47 Å². The van der Waals surface area contributed by atoms with E-state index in [1.165, 1.54) is 36.4 Å². The Morgan fingerprint density at radius 2 is 0.929 bits per heavy atom. The smallest absolute Gasteiger partial charge is 0.427 e. The molecule has 0 saturated carbocycles. The van der Waals surface area contributed by atoms with Gasteiger partial charge in [-0.1, -0.05) is 24.3 Å². The lowest BCUT2D eigenvalue weighted by Crippen LogP contribution is -2.33. The molecule has 154 valence electrons. The zero-order chi connectivity index (χ0) is 20.9. The first kappa shape index (κ1) is 22.5. The number of halogens is 8. The molecule has 2 aromatic rings. The zero-order valence-electron chi connectivity index (χ0n) is 13.4. The van der Waals surface area contributed by atoms with Gasteiger partial charge in [-0.2, -0.15) is 35.1 Å². The van der Waals surface area contributed by atoms with Gasteiger partial charge in [-0.25, -0.2) is 0 Å². The average Bonchev–Trinajstić information content (AvgIpc) is 2.61. The van der Waals surface area contributed by atoms with E-state index in [1.54, 1.807) is 0 Å². The maximum Gasteiger partial charge on any atom is 0.461 e. The summed E-state index contributed by atoms with van der Waals surface area (Å²) in [6.07, 6.45) is -17.6. The summed E-state index contributed by atoms with van der Waals surface area (Å²) in [6, 6.07) is 9.93. The fourth-order valence-electron chi connectivity index (χ4n) is 1.68. The van der Waals surface area contributed by atoms with Crippen LogP contribution in [0.15, 0.2) is 58.3 Å². The Kier molecular flexibility index (Phi) is 7.32. The minimum absolute atomic E-state index is 0.0248. The van der Waals surface area contributed by atoms with E-state index in [0.29, 0.717) is 21.6 Å². The maximum atomic E-state index is 13.1. The van der Waals surface area contributed by atoms with Crippen LogP contribution in [0.25, 0.3) is 0 Å². The SMILES string of the molecule is FC(F)C(F)(F)Oc1ccccc1SSc1ccccc1OC(F)(F)C(F)F. The Bertz CT molecular complexity index is 723. The van der Waals surface area contributed by atoms with Gasteiger partial charge in [-0.15, -0.1) is 0 Å². The Hall–Kier alpha value is -1.82. The van der Waals surface area contributed by atoms with Gasteiger partial charge in [0.05, 0.1) is 9.79 Å². The third-order valence-corrected chi connectivity index (χ3v) is 5.36. The van der Waals surface area contributed by atoms with Crippen LogP contribution in [0, 0.1) is 0 Å². The van der Waals surface area contributed by atoms with Crippen molar-refractivity contribution >= 4 is 21.6 Å². The van der Waals surface area contributed by atoms with Crippen molar-refractivity contribution in [2.75, 3.05) is 0 Å². The summed E-state index contributed by atoms with van der Waals surface area (Å²) in [5, 5.41) is 0. The lowest BCUT2D eigenvalue weighted by Gasteiger charge is -2.20. The monoisotopic (exact) mass is 450 g/mol. The van der Waals surface area contributed by atoms with Gasteiger partial charge in [0.1, 0.15) is 11.5 Å². The second-order valence-corrected chi connectivity index (χ2v) is 7.20. The minimum atomic E-state index is -4.73. The summed E-state index contributed by atoms with van der Waals surface area (Å²) in [5.74, 6) is -1.14. The highest BCUT2D eigenvalue weighted by molar-refractivity contribution is 8.76. The standard InChI is InChI=1S/C16H10F8O2S2/c17-13(18)15(21,22)25-9-5-1-3-7-11(9)27-28-12-8-4-2-6-10(12)26-16(23,24)14(19)20/h1-8,13-14H. The van der Waals surface area contributed by atoms with Crippen molar-refractivity contribution in [3.05, 3.63) is 48.5 Å². The van der Waals surface area contributed by atoms with Crippen LogP contribution in [0.4, 0.5) is 35.1 Å². The first-order chi connectivity index (χ1) is 13.0. The summed E-state index contributed by atoms with van der Waals surface area (Å²) in [5.41, 5.74) is 0. The summed E-state index contributed by atoms with van der Waals surface area (Å²) in [4.78, 5) is -0.0495. The molecule has 28 heavy (non-hydrogen) atoms. The fraction of sp³-hybridized carbons (Fsp3) is 0.250. The molecule has 0 aliphatic heterocycles. The van der Waals surface area contributed by atoms with E-state index >= 15 is 0 Å². The van der Waals surface area contributed by atoms with Gasteiger partial charge >= 0.3 is 25.1 Å². The van der Waals surface area contributed by atoms with E-state index < -0.39 is 36.6 Å². The molecule has 0 aliphatic carbocycles. The minimum Gasteiger partial charge on any atom is -0.427 e. The van der Waals surface area contributed by atoms with Crippen LogP contribution in [0.5, 0.6) is 11.5 Å². The van der Waals surface area contributed by atoms with Crippen LogP contribution in [0.3, 0.4) is 0 Å². The predicted molar refractivity (Wildman–Crippen MR) is 87.8 cm³/mol. The largest absolute Gasteiger partial charge is 0.461 e. The van der Waals surface area contributed by atoms with Crippen molar-refractivity contribution in [1.82, 2.24) is 0 Å². The van der Waals surface area contributed by atoms with Crippen LogP contribution in [-0.4, -0.2) is 25.1 Å². The molecular formula is C16H10F8O2S2. The molecule has 0 bridgehead atoms. The van der Waals surface area contributed by atoms with Crippen LogP contribution in [0.2, 0.25) is 0 Å². The van der Waals surface area contributed by atoms with Gasteiger partial charge in [0.15, 0.2) is 0 Å². The van der Waals surface area contributed by atoms with Gasteiger partial charge in [-0.3, -0.25) is 0 Å². The van der Waals surface area contributed by atoms with Crippen LogP contribution in [0.1, 0.15) is 0 Å². The van der Waals surface area contributed by atoms with E-state index in [0.717, 1.165) is 12.1 Å². The number of rotatable bonds is 9. The van der Waals surface area contributed by atoms with Gasteiger partial charge < -0.3 is 9.47 Å². The highest BCUT2D eigenvalue weighted by atomic mass is 33.1. The molecule has 0 atom stereocenters. The molecule has 0 aliphatic rings. The van der Waals surface area contributed by atoms with Crippen LogP contribution in [-0.2, 0) is 0 Å². The molecule has 2 nitrogen and oxygen atoms in total. The molecule has 0 amide bonds. The Morgan fingerprint density at radius 1 is 0.607 bits per heavy atom. The lowest BCUT2D eigenvalue weighted by atomic mass is 10.3. The quantitative estimate of drug-likeness (QED) is 0.304. The van der Waals surface area contributed by atoms with Crippen molar-refractivity contribution in [2.45, 2.75) is 34.9 Å². The Balaban J connectivity index is 2.18.